The Labute approximate surface area is 126 Å². The minimum absolute atomic E-state index is 0.104. The normalized spacial score (nSPS) is 11.6. The molecule has 0 aliphatic heterocycles. The third-order valence-electron chi connectivity index (χ3n) is 2.67. The van der Waals surface area contributed by atoms with E-state index in [1.54, 1.807) is 30.3 Å². The Hall–Kier alpha value is -2.50. The number of carbonyl (C=O) groups excluding carboxylic acids is 1. The van der Waals surface area contributed by atoms with Gasteiger partial charge in [0.25, 0.3) is 5.69 Å². The summed E-state index contributed by atoms with van der Waals surface area (Å²) in [6, 6.07) is 13.5. The van der Waals surface area contributed by atoms with Gasteiger partial charge in [-0.25, -0.2) is 4.57 Å². The Bertz CT molecular complexity index is 686. The number of hydrogen-bond acceptors (Lipinski definition) is 6. The van der Waals surface area contributed by atoms with Crippen LogP contribution in [0.5, 0.6) is 5.75 Å². The molecule has 1 atom stereocenters. The molecule has 22 heavy (non-hydrogen) atoms. The fraction of sp³-hybridized carbons (Fsp3) is 0.0714. The number of non-ortho nitro benzene ring substituents is 1. The smallest absolute Gasteiger partial charge is 0.368 e. The second kappa shape index (κ2) is 7.49. The average Bonchev–Trinajstić information content (AvgIpc) is 2.54. The molecule has 0 saturated carbocycles. The van der Waals surface area contributed by atoms with Crippen LogP contribution in [-0.2, 0) is 9.09 Å². The number of ketones is 1. The predicted octanol–water partition coefficient (Wildman–Crippen LogP) is 3.26. The Kier molecular flexibility index (Phi) is 5.41. The van der Waals surface area contributed by atoms with Crippen molar-refractivity contribution in [2.24, 2.45) is 0 Å². The molecule has 0 saturated heterocycles. The quantitative estimate of drug-likeness (QED) is 0.336. The van der Waals surface area contributed by atoms with Crippen molar-refractivity contribution < 1.29 is 23.3 Å². The molecule has 0 fully saturated rings. The van der Waals surface area contributed by atoms with Gasteiger partial charge in [0.05, 0.1) is 4.92 Å². The highest BCUT2D eigenvalue weighted by Gasteiger charge is 2.10. The van der Waals surface area contributed by atoms with Crippen LogP contribution in [0.15, 0.2) is 54.6 Å². The van der Waals surface area contributed by atoms with Crippen LogP contribution >= 0.6 is 8.25 Å². The highest BCUT2D eigenvalue weighted by atomic mass is 31.1. The Morgan fingerprint density at radius 2 is 1.73 bits per heavy atom. The maximum atomic E-state index is 11.7. The van der Waals surface area contributed by atoms with E-state index in [9.17, 15) is 19.5 Å². The summed E-state index contributed by atoms with van der Waals surface area (Å²) in [5.74, 6) is -0.145. The van der Waals surface area contributed by atoms with Gasteiger partial charge in [0.1, 0.15) is 12.4 Å². The minimum atomic E-state index is -2.92. The summed E-state index contributed by atoms with van der Waals surface area (Å²) in [6.45, 7) is -0.366. The van der Waals surface area contributed by atoms with E-state index in [0.717, 1.165) is 0 Å². The highest BCUT2D eigenvalue weighted by molar-refractivity contribution is 7.33. The molecule has 0 spiro atoms. The first-order valence-electron chi connectivity index (χ1n) is 6.23. The van der Waals surface area contributed by atoms with E-state index in [4.69, 9.17) is 9.05 Å². The molecule has 8 heteroatoms. The molecule has 1 unspecified atom stereocenters. The molecule has 0 aliphatic rings. The van der Waals surface area contributed by atoms with Gasteiger partial charge < -0.3 is 4.52 Å². The van der Waals surface area contributed by atoms with Crippen LogP contribution in [0, 0.1) is 10.1 Å². The van der Waals surface area contributed by atoms with Crippen molar-refractivity contribution in [2.75, 3.05) is 6.61 Å². The molecule has 2 aromatic rings. The van der Waals surface area contributed by atoms with Crippen LogP contribution in [0.4, 0.5) is 5.69 Å². The van der Waals surface area contributed by atoms with Crippen LogP contribution in [-0.4, -0.2) is 17.3 Å². The summed E-state index contributed by atoms with van der Waals surface area (Å²) in [6.07, 6.45) is 0. The number of rotatable bonds is 7. The summed E-state index contributed by atoms with van der Waals surface area (Å²) < 4.78 is 21.5. The third-order valence-corrected chi connectivity index (χ3v) is 3.45. The van der Waals surface area contributed by atoms with Gasteiger partial charge in [-0.3, -0.25) is 19.4 Å². The molecule has 0 radical (unpaired) electrons. The lowest BCUT2D eigenvalue weighted by atomic mass is 10.1. The van der Waals surface area contributed by atoms with Crippen LogP contribution in [0.3, 0.4) is 0 Å². The largest absolute Gasteiger partial charge is 0.426 e. The first kappa shape index (κ1) is 15.9. The Balaban J connectivity index is 1.85. The summed E-state index contributed by atoms with van der Waals surface area (Å²) in [5, 5.41) is 10.5. The number of hydrogen-bond donors (Lipinski definition) is 0. The SMILES string of the molecule is O=C(CO[PH](=O)Oc1ccc([N+](=O)[O-])cc1)c1ccccc1. The van der Waals surface area contributed by atoms with E-state index in [2.05, 4.69) is 0 Å². The van der Waals surface area contributed by atoms with Gasteiger partial charge in [-0.15, -0.1) is 0 Å². The number of nitrogens with zero attached hydrogens (tertiary/aromatic N) is 1. The highest BCUT2D eigenvalue weighted by Crippen LogP contribution is 2.29. The van der Waals surface area contributed by atoms with Gasteiger partial charge >= 0.3 is 8.25 Å². The Morgan fingerprint density at radius 1 is 1.09 bits per heavy atom. The van der Waals surface area contributed by atoms with Gasteiger partial charge in [0.2, 0.25) is 0 Å². The number of benzene rings is 2. The van der Waals surface area contributed by atoms with E-state index in [-0.39, 0.29) is 23.8 Å². The summed E-state index contributed by atoms with van der Waals surface area (Å²) in [5.41, 5.74) is 0.347. The van der Waals surface area contributed by atoms with Crippen LogP contribution in [0.1, 0.15) is 10.4 Å². The maximum absolute atomic E-state index is 11.7. The predicted molar refractivity (Wildman–Crippen MR) is 79.5 cm³/mol. The molecule has 2 rings (SSSR count). The zero-order valence-corrected chi connectivity index (χ0v) is 12.3. The van der Waals surface area contributed by atoms with Gasteiger partial charge in [-0.1, -0.05) is 30.3 Å². The molecular formula is C14H12NO6P. The van der Waals surface area contributed by atoms with Crippen molar-refractivity contribution in [3.63, 3.8) is 0 Å². The van der Waals surface area contributed by atoms with Crippen molar-refractivity contribution in [2.45, 2.75) is 0 Å². The van der Waals surface area contributed by atoms with Gasteiger partial charge in [0.15, 0.2) is 5.78 Å². The molecule has 0 N–H and O–H groups in total. The third kappa shape index (κ3) is 4.51. The van der Waals surface area contributed by atoms with Crippen LogP contribution in [0.25, 0.3) is 0 Å². The number of nitro groups is 1. The van der Waals surface area contributed by atoms with Gasteiger partial charge in [-0.05, 0) is 12.1 Å². The first-order chi connectivity index (χ1) is 10.6. The molecule has 7 nitrogen and oxygen atoms in total. The minimum Gasteiger partial charge on any atom is -0.426 e. The second-order valence-electron chi connectivity index (χ2n) is 4.18. The molecule has 0 bridgehead atoms. The lowest BCUT2D eigenvalue weighted by Crippen LogP contribution is -2.06. The molecule has 114 valence electrons. The maximum Gasteiger partial charge on any atom is 0.368 e. The number of carbonyl (C=O) groups is 1. The van der Waals surface area contributed by atoms with Crippen molar-refractivity contribution in [3.8, 4) is 5.75 Å². The van der Waals surface area contributed by atoms with E-state index in [1.165, 1.54) is 24.3 Å². The molecule has 0 aliphatic carbocycles. The molecular weight excluding hydrogens is 309 g/mol. The van der Waals surface area contributed by atoms with Crippen molar-refractivity contribution in [3.05, 3.63) is 70.3 Å². The summed E-state index contributed by atoms with van der Waals surface area (Å²) in [7, 11) is -2.92. The van der Waals surface area contributed by atoms with Gasteiger partial charge in [0, 0.05) is 17.7 Å². The van der Waals surface area contributed by atoms with E-state index >= 15 is 0 Å². The van der Waals surface area contributed by atoms with Crippen molar-refractivity contribution >= 4 is 19.7 Å². The monoisotopic (exact) mass is 321 g/mol. The number of Topliss-reactive ketones (excluding diaryl/α,β-unsaturated/α-hetero) is 1. The molecule has 2 aromatic carbocycles. The zero-order chi connectivity index (χ0) is 15.9. The lowest BCUT2D eigenvalue weighted by molar-refractivity contribution is -0.384. The second-order valence-corrected chi connectivity index (χ2v) is 5.17. The van der Waals surface area contributed by atoms with Crippen LogP contribution < -0.4 is 4.52 Å². The average molecular weight is 321 g/mol. The summed E-state index contributed by atoms with van der Waals surface area (Å²) in [4.78, 5) is 21.7. The van der Waals surface area contributed by atoms with Crippen LogP contribution in [0.2, 0.25) is 0 Å². The van der Waals surface area contributed by atoms with E-state index < -0.39 is 13.2 Å². The zero-order valence-electron chi connectivity index (χ0n) is 11.3. The lowest BCUT2D eigenvalue weighted by Gasteiger charge is -2.06. The first-order valence-corrected chi connectivity index (χ1v) is 7.46. The van der Waals surface area contributed by atoms with Crippen molar-refractivity contribution in [1.29, 1.82) is 0 Å². The molecule has 0 heterocycles. The standard InChI is InChI=1S/C14H12NO6P/c16-14(11-4-2-1-3-5-11)10-20-22(19)21-13-8-6-12(7-9-13)15(17)18/h1-9,22H,10H2. The fourth-order valence-electron chi connectivity index (χ4n) is 1.59. The fourth-order valence-corrected chi connectivity index (χ4v) is 2.23. The molecule has 0 aromatic heterocycles. The van der Waals surface area contributed by atoms with Crippen molar-refractivity contribution in [1.82, 2.24) is 0 Å². The van der Waals surface area contributed by atoms with E-state index in [0.29, 0.717) is 5.56 Å². The number of nitro benzene ring substituents is 1. The summed E-state index contributed by atoms with van der Waals surface area (Å²) >= 11 is 0. The van der Waals surface area contributed by atoms with Gasteiger partial charge in [-0.2, -0.15) is 0 Å². The van der Waals surface area contributed by atoms with E-state index in [1.807, 2.05) is 0 Å². The topological polar surface area (TPSA) is 95.7 Å². The Morgan fingerprint density at radius 3 is 2.32 bits per heavy atom. The molecule has 0 amide bonds.